The van der Waals surface area contributed by atoms with Gasteiger partial charge in [-0.3, -0.25) is 14.5 Å². The van der Waals surface area contributed by atoms with E-state index in [0.29, 0.717) is 29.9 Å². The zero-order valence-electron chi connectivity index (χ0n) is 15.2. The molecule has 2 heterocycles. The van der Waals surface area contributed by atoms with Crippen LogP contribution in [0.3, 0.4) is 0 Å². The zero-order chi connectivity index (χ0) is 19.0. The highest BCUT2D eigenvalue weighted by atomic mass is 16.2. The summed E-state index contributed by atoms with van der Waals surface area (Å²) in [6.45, 7) is 4.87. The molecule has 0 saturated heterocycles. The third kappa shape index (κ3) is 3.23. The van der Waals surface area contributed by atoms with Crippen LogP contribution in [0.4, 0.5) is 0 Å². The second-order valence-electron chi connectivity index (χ2n) is 6.72. The Morgan fingerprint density at radius 2 is 1.67 bits per heavy atom. The molecule has 0 unspecified atom stereocenters. The average molecular weight is 361 g/mol. The number of carbonyl (C=O) groups is 2. The van der Waals surface area contributed by atoms with Crippen LogP contribution >= 0.6 is 0 Å². The molecule has 7 heteroatoms. The molecule has 2 amide bonds. The van der Waals surface area contributed by atoms with Crippen LogP contribution in [0, 0.1) is 13.8 Å². The highest BCUT2D eigenvalue weighted by molar-refractivity contribution is 6.21. The Bertz CT molecular complexity index is 1010. The van der Waals surface area contributed by atoms with E-state index in [4.69, 9.17) is 0 Å². The fraction of sp³-hybridized carbons (Fsp3) is 0.250. The lowest BCUT2D eigenvalue weighted by Gasteiger charge is -2.11. The first-order valence-corrected chi connectivity index (χ1v) is 8.81. The van der Waals surface area contributed by atoms with Gasteiger partial charge in [0.1, 0.15) is 0 Å². The standard InChI is InChI=1S/C20H19N5O2/c1-13-7-8-14(2)15(11-13)12-25-22-18(21-23-25)9-10-24-19(26)16-5-3-4-6-17(16)20(24)27/h3-8,11H,9-10,12H2,1-2H3. The van der Waals surface area contributed by atoms with E-state index in [2.05, 4.69) is 40.5 Å². The maximum absolute atomic E-state index is 12.4. The largest absolute Gasteiger partial charge is 0.274 e. The third-order valence-corrected chi connectivity index (χ3v) is 4.75. The lowest BCUT2D eigenvalue weighted by Crippen LogP contribution is -2.32. The number of imide groups is 1. The molecule has 0 aliphatic carbocycles. The van der Waals surface area contributed by atoms with Gasteiger partial charge in [-0.15, -0.1) is 10.2 Å². The van der Waals surface area contributed by atoms with Gasteiger partial charge in [-0.2, -0.15) is 4.80 Å². The molecule has 0 radical (unpaired) electrons. The minimum atomic E-state index is -0.265. The zero-order valence-corrected chi connectivity index (χ0v) is 15.2. The van der Waals surface area contributed by atoms with Crippen molar-refractivity contribution in [1.82, 2.24) is 25.1 Å². The first-order valence-electron chi connectivity index (χ1n) is 8.81. The first kappa shape index (κ1) is 17.1. The molecule has 2 aromatic carbocycles. The van der Waals surface area contributed by atoms with Crippen LogP contribution in [-0.4, -0.2) is 43.5 Å². The predicted molar refractivity (Wildman–Crippen MR) is 98.3 cm³/mol. The van der Waals surface area contributed by atoms with E-state index in [1.165, 1.54) is 16.0 Å². The van der Waals surface area contributed by atoms with Gasteiger partial charge in [0.2, 0.25) is 0 Å². The van der Waals surface area contributed by atoms with Crippen molar-refractivity contribution in [2.24, 2.45) is 0 Å². The van der Waals surface area contributed by atoms with E-state index in [1.807, 2.05) is 6.92 Å². The molecule has 0 fully saturated rings. The van der Waals surface area contributed by atoms with Crippen molar-refractivity contribution in [3.8, 4) is 0 Å². The number of rotatable bonds is 5. The summed E-state index contributed by atoms with van der Waals surface area (Å²) >= 11 is 0. The molecular formula is C20H19N5O2. The highest BCUT2D eigenvalue weighted by Gasteiger charge is 2.34. The SMILES string of the molecule is Cc1ccc(C)c(Cn2nnc(CCN3C(=O)c4ccccc4C3=O)n2)c1. The summed E-state index contributed by atoms with van der Waals surface area (Å²) in [4.78, 5) is 27.6. The van der Waals surface area contributed by atoms with Gasteiger partial charge in [0.15, 0.2) is 5.82 Å². The molecule has 1 aliphatic rings. The van der Waals surface area contributed by atoms with Crippen LogP contribution in [0.15, 0.2) is 42.5 Å². The Hall–Kier alpha value is -3.35. The van der Waals surface area contributed by atoms with Crippen molar-refractivity contribution in [3.63, 3.8) is 0 Å². The van der Waals surface area contributed by atoms with Crippen molar-refractivity contribution in [2.75, 3.05) is 6.54 Å². The normalized spacial score (nSPS) is 13.3. The van der Waals surface area contributed by atoms with Gasteiger partial charge in [-0.1, -0.05) is 35.9 Å². The minimum absolute atomic E-state index is 0.238. The molecule has 0 N–H and O–H groups in total. The summed E-state index contributed by atoms with van der Waals surface area (Å²) in [5, 5.41) is 12.5. The number of tetrazole rings is 1. The van der Waals surface area contributed by atoms with Gasteiger partial charge in [0, 0.05) is 13.0 Å². The number of benzene rings is 2. The smallest absolute Gasteiger partial charge is 0.261 e. The number of hydrogen-bond acceptors (Lipinski definition) is 5. The van der Waals surface area contributed by atoms with Crippen molar-refractivity contribution in [2.45, 2.75) is 26.8 Å². The minimum Gasteiger partial charge on any atom is -0.274 e. The number of amides is 2. The Morgan fingerprint density at radius 3 is 2.37 bits per heavy atom. The summed E-state index contributed by atoms with van der Waals surface area (Å²) < 4.78 is 0. The van der Waals surface area contributed by atoms with Gasteiger partial charge in [-0.25, -0.2) is 0 Å². The topological polar surface area (TPSA) is 81.0 Å². The number of hydrogen-bond donors (Lipinski definition) is 0. The average Bonchev–Trinajstić information content (AvgIpc) is 3.20. The molecule has 1 aliphatic heterocycles. The maximum atomic E-state index is 12.4. The summed E-state index contributed by atoms with van der Waals surface area (Å²) in [6, 6.07) is 13.1. The summed E-state index contributed by atoms with van der Waals surface area (Å²) in [6.07, 6.45) is 0.373. The molecule has 0 bridgehead atoms. The van der Waals surface area contributed by atoms with E-state index < -0.39 is 0 Å². The van der Waals surface area contributed by atoms with Crippen LogP contribution in [0.1, 0.15) is 43.2 Å². The molecule has 1 aromatic heterocycles. The Balaban J connectivity index is 1.43. The van der Waals surface area contributed by atoms with Crippen LogP contribution in [0.25, 0.3) is 0 Å². The summed E-state index contributed by atoms with van der Waals surface area (Å²) in [7, 11) is 0. The molecule has 0 spiro atoms. The van der Waals surface area contributed by atoms with E-state index >= 15 is 0 Å². The second-order valence-corrected chi connectivity index (χ2v) is 6.72. The second kappa shape index (κ2) is 6.75. The van der Waals surface area contributed by atoms with Crippen LogP contribution < -0.4 is 0 Å². The predicted octanol–water partition coefficient (Wildman–Crippen LogP) is 2.18. The molecular weight excluding hydrogens is 342 g/mol. The summed E-state index contributed by atoms with van der Waals surface area (Å²) in [5.41, 5.74) is 4.40. The molecule has 4 rings (SSSR count). The van der Waals surface area contributed by atoms with Crippen molar-refractivity contribution in [1.29, 1.82) is 0 Å². The van der Waals surface area contributed by atoms with Gasteiger partial charge in [-0.05, 0) is 42.3 Å². The van der Waals surface area contributed by atoms with Gasteiger partial charge in [0.25, 0.3) is 11.8 Å². The van der Waals surface area contributed by atoms with E-state index in [1.54, 1.807) is 29.1 Å². The first-order chi connectivity index (χ1) is 13.0. The number of fused-ring (bicyclic) bond motifs is 1. The molecule has 136 valence electrons. The van der Waals surface area contributed by atoms with Crippen LogP contribution in [0.5, 0.6) is 0 Å². The molecule has 27 heavy (non-hydrogen) atoms. The fourth-order valence-corrected chi connectivity index (χ4v) is 3.22. The van der Waals surface area contributed by atoms with E-state index in [9.17, 15) is 9.59 Å². The Kier molecular flexibility index (Phi) is 4.27. The molecule has 0 saturated carbocycles. The van der Waals surface area contributed by atoms with E-state index in [0.717, 1.165) is 5.56 Å². The van der Waals surface area contributed by atoms with Crippen molar-refractivity contribution in [3.05, 3.63) is 76.1 Å². The maximum Gasteiger partial charge on any atom is 0.261 e. The highest BCUT2D eigenvalue weighted by Crippen LogP contribution is 2.22. The molecule has 7 nitrogen and oxygen atoms in total. The van der Waals surface area contributed by atoms with Crippen molar-refractivity contribution < 1.29 is 9.59 Å². The monoisotopic (exact) mass is 361 g/mol. The van der Waals surface area contributed by atoms with E-state index in [-0.39, 0.29) is 18.4 Å². The van der Waals surface area contributed by atoms with Crippen LogP contribution in [-0.2, 0) is 13.0 Å². The van der Waals surface area contributed by atoms with Gasteiger partial charge in [0.05, 0.1) is 17.7 Å². The van der Waals surface area contributed by atoms with Crippen LogP contribution in [0.2, 0.25) is 0 Å². The third-order valence-electron chi connectivity index (χ3n) is 4.75. The number of carbonyl (C=O) groups excluding carboxylic acids is 2. The Morgan fingerprint density at radius 1 is 0.963 bits per heavy atom. The lowest BCUT2D eigenvalue weighted by atomic mass is 10.1. The van der Waals surface area contributed by atoms with Crippen molar-refractivity contribution >= 4 is 11.8 Å². The quantitative estimate of drug-likeness (QED) is 0.651. The lowest BCUT2D eigenvalue weighted by molar-refractivity contribution is 0.0655. The number of aromatic nitrogens is 4. The van der Waals surface area contributed by atoms with Gasteiger partial charge < -0.3 is 0 Å². The molecule has 3 aromatic rings. The molecule has 0 atom stereocenters. The fourth-order valence-electron chi connectivity index (χ4n) is 3.22. The summed E-state index contributed by atoms with van der Waals surface area (Å²) in [5.74, 6) is -0.0198. The van der Waals surface area contributed by atoms with Gasteiger partial charge >= 0.3 is 0 Å². The number of aryl methyl sites for hydroxylation is 2. The Labute approximate surface area is 156 Å². The number of nitrogens with zero attached hydrogens (tertiary/aromatic N) is 5.